The van der Waals surface area contributed by atoms with Crippen molar-refractivity contribution < 1.29 is 0 Å². The number of rotatable bonds is 6. The molecule has 0 radical (unpaired) electrons. The quantitative estimate of drug-likeness (QED) is 0.872. The van der Waals surface area contributed by atoms with Crippen molar-refractivity contribution in [1.29, 1.82) is 0 Å². The monoisotopic (exact) mass is 289 g/mol. The van der Waals surface area contributed by atoms with Crippen molar-refractivity contribution in [3.63, 3.8) is 0 Å². The molecule has 0 aliphatic rings. The van der Waals surface area contributed by atoms with E-state index in [2.05, 4.69) is 67.3 Å². The lowest BCUT2D eigenvalue weighted by molar-refractivity contribution is 0.593. The van der Waals surface area contributed by atoms with Crippen molar-refractivity contribution in [3.05, 3.63) is 40.9 Å². The number of hydrogen-bond donors (Lipinski definition) is 1. The first kappa shape index (κ1) is 15.0. The van der Waals surface area contributed by atoms with Crippen LogP contribution in [0.15, 0.2) is 30.5 Å². The second-order valence-corrected chi connectivity index (χ2v) is 6.32. The molecule has 1 aromatic carbocycles. The summed E-state index contributed by atoms with van der Waals surface area (Å²) in [5.74, 6) is 0. The van der Waals surface area contributed by atoms with Gasteiger partial charge in [-0.3, -0.25) is 0 Å². The molecule has 2 rings (SSSR count). The molecular formula is C16H23N3S. The summed E-state index contributed by atoms with van der Waals surface area (Å²) < 4.78 is 0. The van der Waals surface area contributed by atoms with Gasteiger partial charge in [0.05, 0.1) is 0 Å². The molecule has 0 unspecified atom stereocenters. The maximum absolute atomic E-state index is 4.52. The Kier molecular flexibility index (Phi) is 5.15. The van der Waals surface area contributed by atoms with Gasteiger partial charge in [-0.2, -0.15) is 0 Å². The van der Waals surface area contributed by atoms with Gasteiger partial charge in [-0.25, -0.2) is 4.98 Å². The van der Waals surface area contributed by atoms with Crippen LogP contribution in [0.1, 0.15) is 31.2 Å². The van der Waals surface area contributed by atoms with Crippen LogP contribution in [0.25, 0.3) is 0 Å². The first-order chi connectivity index (χ1) is 9.60. The highest BCUT2D eigenvalue weighted by molar-refractivity contribution is 7.15. The molecule has 0 amide bonds. The fourth-order valence-corrected chi connectivity index (χ4v) is 2.75. The van der Waals surface area contributed by atoms with E-state index < -0.39 is 0 Å². The number of hydrogen-bond acceptors (Lipinski definition) is 4. The van der Waals surface area contributed by atoms with E-state index in [0.717, 1.165) is 18.1 Å². The van der Waals surface area contributed by atoms with Crippen LogP contribution >= 0.6 is 11.3 Å². The van der Waals surface area contributed by atoms with E-state index in [1.807, 2.05) is 6.20 Å². The second kappa shape index (κ2) is 6.86. The van der Waals surface area contributed by atoms with Crippen molar-refractivity contribution in [2.24, 2.45) is 0 Å². The molecule has 0 bridgehead atoms. The van der Waals surface area contributed by atoms with Gasteiger partial charge in [0, 0.05) is 36.4 Å². The third-order valence-corrected chi connectivity index (χ3v) is 4.32. The van der Waals surface area contributed by atoms with Crippen molar-refractivity contribution in [1.82, 2.24) is 10.3 Å². The minimum atomic E-state index is 0.500. The van der Waals surface area contributed by atoms with Gasteiger partial charge in [-0.05, 0) is 24.1 Å². The summed E-state index contributed by atoms with van der Waals surface area (Å²) in [7, 11) is 2.07. The summed E-state index contributed by atoms with van der Waals surface area (Å²) in [6.45, 7) is 7.37. The molecule has 108 valence electrons. The topological polar surface area (TPSA) is 28.2 Å². The van der Waals surface area contributed by atoms with Gasteiger partial charge in [0.2, 0.25) is 0 Å². The molecule has 0 aliphatic heterocycles. The fourth-order valence-electron chi connectivity index (χ4n) is 1.90. The highest BCUT2D eigenvalue weighted by Crippen LogP contribution is 2.28. The molecular weight excluding hydrogens is 266 g/mol. The Bertz CT molecular complexity index is 531. The van der Waals surface area contributed by atoms with Crippen LogP contribution < -0.4 is 10.2 Å². The zero-order chi connectivity index (χ0) is 14.5. The smallest absolute Gasteiger partial charge is 0.189 e. The molecule has 1 aromatic heterocycles. The molecule has 20 heavy (non-hydrogen) atoms. The van der Waals surface area contributed by atoms with E-state index >= 15 is 0 Å². The van der Waals surface area contributed by atoms with Gasteiger partial charge in [-0.15, -0.1) is 11.3 Å². The highest BCUT2D eigenvalue weighted by atomic mass is 32.1. The Hall–Kier alpha value is -1.39. The molecule has 2 aromatic rings. The van der Waals surface area contributed by atoms with E-state index in [1.54, 1.807) is 11.3 Å². The summed E-state index contributed by atoms with van der Waals surface area (Å²) in [4.78, 5) is 7.93. The molecule has 1 N–H and O–H groups in total. The second-order valence-electron chi connectivity index (χ2n) is 5.22. The van der Waals surface area contributed by atoms with Crippen molar-refractivity contribution in [2.45, 2.75) is 39.8 Å². The predicted octanol–water partition coefficient (Wildman–Crippen LogP) is 3.97. The van der Waals surface area contributed by atoms with Gasteiger partial charge in [-0.1, -0.05) is 32.9 Å². The number of nitrogens with one attached hydrogen (secondary N) is 1. The van der Waals surface area contributed by atoms with Crippen molar-refractivity contribution in [2.75, 3.05) is 11.9 Å². The lowest BCUT2D eigenvalue weighted by Gasteiger charge is -2.16. The van der Waals surface area contributed by atoms with E-state index in [0.29, 0.717) is 6.04 Å². The Balaban J connectivity index is 2.06. The number of thiazole rings is 1. The molecule has 1 heterocycles. The lowest BCUT2D eigenvalue weighted by atomic mass is 10.1. The van der Waals surface area contributed by atoms with E-state index in [-0.39, 0.29) is 0 Å². The Morgan fingerprint density at radius 3 is 2.55 bits per heavy atom. The Morgan fingerprint density at radius 1 is 1.25 bits per heavy atom. The van der Waals surface area contributed by atoms with Gasteiger partial charge < -0.3 is 10.2 Å². The average molecular weight is 289 g/mol. The Labute approximate surface area is 125 Å². The zero-order valence-corrected chi connectivity index (χ0v) is 13.5. The SMILES string of the molecule is CCc1ccc(N(C)c2ncc(CNC(C)C)s2)cc1. The lowest BCUT2D eigenvalue weighted by Crippen LogP contribution is -2.21. The van der Waals surface area contributed by atoms with Crippen LogP contribution in [0.2, 0.25) is 0 Å². The molecule has 0 spiro atoms. The van der Waals surface area contributed by atoms with Gasteiger partial charge in [0.15, 0.2) is 5.13 Å². The summed E-state index contributed by atoms with van der Waals surface area (Å²) in [5, 5.41) is 4.46. The first-order valence-corrected chi connectivity index (χ1v) is 7.92. The number of anilines is 2. The Morgan fingerprint density at radius 2 is 1.95 bits per heavy atom. The molecule has 3 nitrogen and oxygen atoms in total. The fraction of sp³-hybridized carbons (Fsp3) is 0.438. The first-order valence-electron chi connectivity index (χ1n) is 7.11. The third-order valence-electron chi connectivity index (χ3n) is 3.24. The largest absolute Gasteiger partial charge is 0.321 e. The van der Waals surface area contributed by atoms with Crippen LogP contribution in [-0.4, -0.2) is 18.1 Å². The van der Waals surface area contributed by atoms with Crippen molar-refractivity contribution >= 4 is 22.2 Å². The van der Waals surface area contributed by atoms with E-state index in [9.17, 15) is 0 Å². The van der Waals surface area contributed by atoms with Crippen LogP contribution in [-0.2, 0) is 13.0 Å². The van der Waals surface area contributed by atoms with Crippen LogP contribution in [0.3, 0.4) is 0 Å². The number of nitrogens with zero attached hydrogens (tertiary/aromatic N) is 2. The van der Waals surface area contributed by atoms with Crippen LogP contribution in [0, 0.1) is 0 Å². The molecule has 0 fully saturated rings. The minimum absolute atomic E-state index is 0.500. The van der Waals surface area contributed by atoms with Crippen molar-refractivity contribution in [3.8, 4) is 0 Å². The number of benzene rings is 1. The molecule has 0 saturated carbocycles. The normalized spacial score (nSPS) is 11.1. The number of aromatic nitrogens is 1. The maximum atomic E-state index is 4.52. The summed E-state index contributed by atoms with van der Waals surface area (Å²) in [5.41, 5.74) is 2.54. The maximum Gasteiger partial charge on any atom is 0.189 e. The van der Waals surface area contributed by atoms with Gasteiger partial charge >= 0.3 is 0 Å². The van der Waals surface area contributed by atoms with E-state index in [1.165, 1.54) is 16.1 Å². The standard InChI is InChI=1S/C16H23N3S/c1-5-13-6-8-14(9-7-13)19(4)16-18-11-15(20-16)10-17-12(2)3/h6-9,11-12,17H,5,10H2,1-4H3. The molecule has 0 aliphatic carbocycles. The zero-order valence-electron chi connectivity index (χ0n) is 12.7. The highest BCUT2D eigenvalue weighted by Gasteiger charge is 2.09. The van der Waals surface area contributed by atoms with Gasteiger partial charge in [0.25, 0.3) is 0 Å². The summed E-state index contributed by atoms with van der Waals surface area (Å²) in [6, 6.07) is 9.18. The third kappa shape index (κ3) is 3.81. The van der Waals surface area contributed by atoms with Crippen LogP contribution in [0.5, 0.6) is 0 Å². The number of aryl methyl sites for hydroxylation is 1. The molecule has 0 atom stereocenters. The van der Waals surface area contributed by atoms with E-state index in [4.69, 9.17) is 0 Å². The molecule has 4 heteroatoms. The summed E-state index contributed by atoms with van der Waals surface area (Å²) in [6.07, 6.45) is 3.04. The summed E-state index contributed by atoms with van der Waals surface area (Å²) >= 11 is 1.74. The molecule has 0 saturated heterocycles. The average Bonchev–Trinajstić information content (AvgIpc) is 2.93. The van der Waals surface area contributed by atoms with Crippen LogP contribution in [0.4, 0.5) is 10.8 Å². The van der Waals surface area contributed by atoms with Gasteiger partial charge in [0.1, 0.15) is 0 Å². The predicted molar refractivity (Wildman–Crippen MR) is 88.0 cm³/mol. The minimum Gasteiger partial charge on any atom is -0.321 e.